The summed E-state index contributed by atoms with van der Waals surface area (Å²) in [6, 6.07) is 0. The first kappa shape index (κ1) is 17.8. The molecule has 1 aliphatic carbocycles. The number of allylic oxidation sites excluding steroid dienone is 2. The Labute approximate surface area is 156 Å². The molecule has 2 fully saturated rings. The Hall–Kier alpha value is -1.62. The summed E-state index contributed by atoms with van der Waals surface area (Å²) >= 11 is 0. The fourth-order valence-corrected chi connectivity index (χ4v) is 4.99. The number of aromatic amines is 1. The van der Waals surface area contributed by atoms with Gasteiger partial charge in [-0.1, -0.05) is 12.2 Å². The third-order valence-corrected chi connectivity index (χ3v) is 6.76. The van der Waals surface area contributed by atoms with Crippen LogP contribution in [-0.4, -0.2) is 58.4 Å². The number of nitrogens with one attached hydrogen (secondary N) is 1. The number of rotatable bonds is 5. The lowest BCUT2D eigenvalue weighted by molar-refractivity contribution is -0.139. The molecule has 0 aromatic carbocycles. The van der Waals surface area contributed by atoms with Crippen molar-refractivity contribution >= 4 is 5.91 Å². The molecule has 3 aliphatic rings. The summed E-state index contributed by atoms with van der Waals surface area (Å²) in [6.07, 6.45) is 17.4. The molecule has 0 unspecified atom stereocenters. The fraction of sp³-hybridized carbons (Fsp3) is 0.714. The minimum absolute atomic E-state index is 0.339. The van der Waals surface area contributed by atoms with Crippen molar-refractivity contribution in [2.45, 2.75) is 51.4 Å². The van der Waals surface area contributed by atoms with Crippen LogP contribution < -0.4 is 0 Å². The monoisotopic (exact) mass is 356 g/mol. The van der Waals surface area contributed by atoms with Gasteiger partial charge in [0.2, 0.25) is 5.91 Å². The first-order valence-corrected chi connectivity index (χ1v) is 10.3. The second-order valence-corrected chi connectivity index (χ2v) is 8.59. The van der Waals surface area contributed by atoms with Gasteiger partial charge < -0.3 is 14.8 Å². The molecule has 5 nitrogen and oxygen atoms in total. The molecule has 1 aromatic heterocycles. The normalized spacial score (nSPS) is 26.5. The number of carbonyl (C=O) groups is 1. The Morgan fingerprint density at radius 1 is 1.23 bits per heavy atom. The Morgan fingerprint density at radius 3 is 2.85 bits per heavy atom. The number of hydrogen-bond acceptors (Lipinski definition) is 3. The van der Waals surface area contributed by atoms with Crippen LogP contribution in [0.3, 0.4) is 0 Å². The van der Waals surface area contributed by atoms with Crippen molar-refractivity contribution in [2.75, 3.05) is 32.7 Å². The van der Waals surface area contributed by atoms with Gasteiger partial charge in [0, 0.05) is 44.4 Å². The highest BCUT2D eigenvalue weighted by atomic mass is 16.2. The van der Waals surface area contributed by atoms with E-state index in [9.17, 15) is 4.79 Å². The number of piperidine rings is 2. The van der Waals surface area contributed by atoms with Crippen LogP contribution in [0.4, 0.5) is 0 Å². The van der Waals surface area contributed by atoms with Crippen LogP contribution in [-0.2, 0) is 11.2 Å². The van der Waals surface area contributed by atoms with Crippen molar-refractivity contribution in [3.05, 3.63) is 30.4 Å². The molecule has 0 saturated carbocycles. The summed E-state index contributed by atoms with van der Waals surface area (Å²) in [5, 5.41) is 0. The third kappa shape index (κ3) is 4.20. The molecular weight excluding hydrogens is 324 g/mol. The Morgan fingerprint density at radius 2 is 2.12 bits per heavy atom. The lowest BCUT2D eigenvalue weighted by Crippen LogP contribution is -2.52. The second kappa shape index (κ2) is 7.95. The van der Waals surface area contributed by atoms with Gasteiger partial charge in [-0.25, -0.2) is 4.98 Å². The molecule has 26 heavy (non-hydrogen) atoms. The molecule has 2 saturated heterocycles. The van der Waals surface area contributed by atoms with Crippen LogP contribution in [0.25, 0.3) is 0 Å². The van der Waals surface area contributed by atoms with Gasteiger partial charge >= 0.3 is 0 Å². The first-order chi connectivity index (χ1) is 12.7. The Kier molecular flexibility index (Phi) is 5.44. The van der Waals surface area contributed by atoms with E-state index in [4.69, 9.17) is 0 Å². The summed E-state index contributed by atoms with van der Waals surface area (Å²) in [6.45, 7) is 5.47. The van der Waals surface area contributed by atoms with Crippen LogP contribution in [0.5, 0.6) is 0 Å². The second-order valence-electron chi connectivity index (χ2n) is 8.59. The maximum Gasteiger partial charge on any atom is 0.222 e. The fourth-order valence-electron chi connectivity index (χ4n) is 4.99. The Balaban J connectivity index is 1.28. The maximum absolute atomic E-state index is 12.4. The third-order valence-electron chi connectivity index (χ3n) is 6.76. The van der Waals surface area contributed by atoms with Crippen molar-refractivity contribution < 1.29 is 4.79 Å². The number of amides is 1. The van der Waals surface area contributed by atoms with Gasteiger partial charge in [-0.05, 0) is 62.9 Å². The van der Waals surface area contributed by atoms with Gasteiger partial charge in [0.1, 0.15) is 0 Å². The van der Waals surface area contributed by atoms with Crippen molar-refractivity contribution in [3.63, 3.8) is 0 Å². The highest BCUT2D eigenvalue weighted by Gasteiger charge is 2.40. The number of nitrogens with zero attached hydrogens (tertiary/aromatic N) is 3. The molecule has 5 heteroatoms. The van der Waals surface area contributed by atoms with Crippen molar-refractivity contribution in [1.29, 1.82) is 0 Å². The van der Waals surface area contributed by atoms with E-state index in [1.807, 2.05) is 6.20 Å². The highest BCUT2D eigenvalue weighted by Crippen LogP contribution is 2.40. The summed E-state index contributed by atoms with van der Waals surface area (Å²) < 4.78 is 0. The van der Waals surface area contributed by atoms with Gasteiger partial charge in [0.25, 0.3) is 0 Å². The topological polar surface area (TPSA) is 52.2 Å². The molecule has 1 aromatic rings. The zero-order chi connectivity index (χ0) is 17.8. The standard InChI is InChI=1S/C21H32N4O/c26-20-6-8-21(16-25(20)11-7-19-14-22-17-23-19)9-12-24(13-10-21)15-18-4-2-1-3-5-18/h1-2,14,17-18H,3-13,15-16H2,(H,22,23)/t18-/m0/s1. The average Bonchev–Trinajstić information content (AvgIpc) is 3.19. The van der Waals surface area contributed by atoms with E-state index >= 15 is 0 Å². The molecular formula is C21H32N4O. The van der Waals surface area contributed by atoms with Crippen LogP contribution in [0.2, 0.25) is 0 Å². The number of carbonyl (C=O) groups excluding carboxylic acids is 1. The number of aromatic nitrogens is 2. The van der Waals surface area contributed by atoms with Crippen LogP contribution in [0.1, 0.15) is 50.6 Å². The molecule has 0 radical (unpaired) electrons. The minimum Gasteiger partial charge on any atom is -0.348 e. The van der Waals surface area contributed by atoms with Crippen LogP contribution in [0.15, 0.2) is 24.7 Å². The molecule has 1 N–H and O–H groups in total. The summed E-state index contributed by atoms with van der Waals surface area (Å²) in [5.74, 6) is 1.19. The van der Waals surface area contributed by atoms with E-state index in [-0.39, 0.29) is 0 Å². The number of H-pyrrole nitrogens is 1. The predicted octanol–water partition coefficient (Wildman–Crippen LogP) is 3.01. The molecule has 0 bridgehead atoms. The van der Waals surface area contributed by atoms with E-state index in [2.05, 4.69) is 31.9 Å². The lowest BCUT2D eigenvalue weighted by Gasteiger charge is -2.48. The molecule has 1 atom stereocenters. The van der Waals surface area contributed by atoms with Crippen molar-refractivity contribution in [1.82, 2.24) is 19.8 Å². The summed E-state index contributed by atoms with van der Waals surface area (Å²) in [5.41, 5.74) is 1.49. The van der Waals surface area contributed by atoms with Gasteiger partial charge in [0.05, 0.1) is 6.33 Å². The van der Waals surface area contributed by atoms with Gasteiger partial charge in [0.15, 0.2) is 0 Å². The molecule has 4 rings (SSSR count). The maximum atomic E-state index is 12.4. The molecule has 3 heterocycles. The predicted molar refractivity (Wildman–Crippen MR) is 103 cm³/mol. The first-order valence-electron chi connectivity index (χ1n) is 10.3. The van der Waals surface area contributed by atoms with E-state index in [1.165, 1.54) is 51.7 Å². The van der Waals surface area contributed by atoms with E-state index in [1.54, 1.807) is 6.33 Å². The van der Waals surface area contributed by atoms with Gasteiger partial charge in [-0.3, -0.25) is 4.79 Å². The van der Waals surface area contributed by atoms with Gasteiger partial charge in [-0.15, -0.1) is 0 Å². The molecule has 2 aliphatic heterocycles. The van der Waals surface area contributed by atoms with E-state index in [0.29, 0.717) is 11.3 Å². The van der Waals surface area contributed by atoms with Crippen molar-refractivity contribution in [3.8, 4) is 0 Å². The van der Waals surface area contributed by atoms with E-state index in [0.717, 1.165) is 44.0 Å². The Bertz CT molecular complexity index is 616. The lowest BCUT2D eigenvalue weighted by atomic mass is 9.72. The number of hydrogen-bond donors (Lipinski definition) is 1. The quantitative estimate of drug-likeness (QED) is 0.825. The minimum atomic E-state index is 0.339. The molecule has 142 valence electrons. The smallest absolute Gasteiger partial charge is 0.222 e. The molecule has 1 amide bonds. The highest BCUT2D eigenvalue weighted by molar-refractivity contribution is 5.77. The van der Waals surface area contributed by atoms with E-state index < -0.39 is 0 Å². The summed E-state index contributed by atoms with van der Waals surface area (Å²) in [4.78, 5) is 24.4. The van der Waals surface area contributed by atoms with Crippen LogP contribution >= 0.6 is 0 Å². The van der Waals surface area contributed by atoms with Crippen LogP contribution in [0, 0.1) is 11.3 Å². The largest absolute Gasteiger partial charge is 0.348 e. The zero-order valence-electron chi connectivity index (χ0n) is 15.8. The van der Waals surface area contributed by atoms with Gasteiger partial charge in [-0.2, -0.15) is 0 Å². The number of likely N-dealkylation sites (tertiary alicyclic amines) is 2. The summed E-state index contributed by atoms with van der Waals surface area (Å²) in [7, 11) is 0. The number of imidazole rings is 1. The SMILES string of the molecule is O=C1CCC2(CCN(C[C@H]3CC=CCC3)CC2)CN1CCc1cnc[nH]1. The zero-order valence-corrected chi connectivity index (χ0v) is 15.8. The molecule has 1 spiro atoms. The van der Waals surface area contributed by atoms with Crippen molar-refractivity contribution in [2.24, 2.45) is 11.3 Å². The average molecular weight is 357 g/mol.